The van der Waals surface area contributed by atoms with Crippen LogP contribution in [0.5, 0.6) is 11.5 Å². The summed E-state index contributed by atoms with van der Waals surface area (Å²) < 4.78 is 5.18. The zero-order valence-corrected chi connectivity index (χ0v) is 12.3. The summed E-state index contributed by atoms with van der Waals surface area (Å²) in [5.74, 6) is -0.0320. The molecule has 0 saturated carbocycles. The number of rotatable bonds is 6. The molecule has 0 aliphatic heterocycles. The highest BCUT2D eigenvalue weighted by Gasteiger charge is 2.11. The van der Waals surface area contributed by atoms with Crippen LogP contribution in [-0.4, -0.2) is 11.1 Å². The van der Waals surface area contributed by atoms with Crippen molar-refractivity contribution in [3.8, 4) is 11.5 Å². The predicted octanol–water partition coefficient (Wildman–Crippen LogP) is 4.37. The van der Waals surface area contributed by atoms with Gasteiger partial charge in [0.05, 0.1) is 5.39 Å². The van der Waals surface area contributed by atoms with Gasteiger partial charge in [0, 0.05) is 6.08 Å². The Labute approximate surface area is 124 Å². The van der Waals surface area contributed by atoms with E-state index >= 15 is 0 Å². The average Bonchev–Trinajstić information content (AvgIpc) is 2.47. The minimum absolute atomic E-state index is 0.145. The number of benzene rings is 2. The molecule has 0 fully saturated rings. The van der Waals surface area contributed by atoms with Crippen LogP contribution in [0.3, 0.4) is 0 Å². The second-order valence-electron chi connectivity index (χ2n) is 5.05. The van der Waals surface area contributed by atoms with Crippen LogP contribution in [0.25, 0.3) is 10.8 Å². The molecule has 110 valence electrons. The Kier molecular flexibility index (Phi) is 4.99. The second kappa shape index (κ2) is 6.93. The van der Waals surface area contributed by atoms with E-state index in [2.05, 4.69) is 13.5 Å². The van der Waals surface area contributed by atoms with E-state index in [1.54, 1.807) is 12.1 Å². The number of ether oxygens (including phenoxy) is 1. The van der Waals surface area contributed by atoms with Gasteiger partial charge in [-0.1, -0.05) is 44.5 Å². The Balaban J connectivity index is 2.37. The molecule has 0 atom stereocenters. The lowest BCUT2D eigenvalue weighted by molar-refractivity contribution is -0.128. The van der Waals surface area contributed by atoms with E-state index in [9.17, 15) is 9.90 Å². The number of carbonyl (C=O) groups is 1. The van der Waals surface area contributed by atoms with Crippen molar-refractivity contribution in [3.05, 3.63) is 48.6 Å². The number of unbranched alkanes of at least 4 members (excludes halogenated alkanes) is 2. The summed E-state index contributed by atoms with van der Waals surface area (Å²) in [6, 6.07) is 9.17. The molecule has 21 heavy (non-hydrogen) atoms. The molecule has 3 heteroatoms. The number of aromatic hydroxyl groups is 1. The average molecular weight is 284 g/mol. The molecule has 1 N–H and O–H groups in total. The Morgan fingerprint density at radius 1 is 1.33 bits per heavy atom. The number of carbonyl (C=O) groups excluding carboxylic acids is 1. The van der Waals surface area contributed by atoms with Gasteiger partial charge in [-0.25, -0.2) is 4.79 Å². The highest BCUT2D eigenvalue weighted by atomic mass is 16.5. The lowest BCUT2D eigenvalue weighted by Crippen LogP contribution is -2.03. The van der Waals surface area contributed by atoms with Crippen LogP contribution in [0.15, 0.2) is 43.0 Å². The predicted molar refractivity (Wildman–Crippen MR) is 84.7 cm³/mol. The van der Waals surface area contributed by atoms with Crippen molar-refractivity contribution >= 4 is 16.7 Å². The summed E-state index contributed by atoms with van der Waals surface area (Å²) in [6.07, 6.45) is 5.49. The second-order valence-corrected chi connectivity index (χ2v) is 5.05. The fraction of sp³-hybridized carbons (Fsp3) is 0.278. The number of phenolic OH excluding ortho intramolecular Hbond substituents is 1. The first kappa shape index (κ1) is 15.1. The molecule has 3 nitrogen and oxygen atoms in total. The lowest BCUT2D eigenvalue weighted by Gasteiger charge is -2.10. The van der Waals surface area contributed by atoms with Gasteiger partial charge < -0.3 is 9.84 Å². The van der Waals surface area contributed by atoms with Crippen LogP contribution >= 0.6 is 0 Å². The number of hydrogen-bond acceptors (Lipinski definition) is 3. The third-order valence-electron chi connectivity index (χ3n) is 3.42. The van der Waals surface area contributed by atoms with Gasteiger partial charge in [0.1, 0.15) is 11.5 Å². The summed E-state index contributed by atoms with van der Waals surface area (Å²) in [5, 5.41) is 11.7. The monoisotopic (exact) mass is 284 g/mol. The molecule has 2 rings (SSSR count). The highest BCUT2D eigenvalue weighted by molar-refractivity contribution is 5.96. The number of esters is 1. The van der Waals surface area contributed by atoms with Crippen molar-refractivity contribution in [3.63, 3.8) is 0 Å². The molecule has 0 saturated heterocycles. The molecular formula is C18H20O3. The van der Waals surface area contributed by atoms with Gasteiger partial charge in [0.2, 0.25) is 0 Å². The quantitative estimate of drug-likeness (QED) is 0.371. The third kappa shape index (κ3) is 3.63. The molecule has 2 aromatic carbocycles. The van der Waals surface area contributed by atoms with E-state index in [1.807, 2.05) is 18.2 Å². The maximum absolute atomic E-state index is 11.4. The minimum Gasteiger partial charge on any atom is -0.507 e. The fourth-order valence-electron chi connectivity index (χ4n) is 2.39. The van der Waals surface area contributed by atoms with Crippen molar-refractivity contribution in [2.24, 2.45) is 0 Å². The molecule has 2 aromatic rings. The smallest absolute Gasteiger partial charge is 0.335 e. The summed E-state index contributed by atoms with van der Waals surface area (Å²) in [7, 11) is 0. The van der Waals surface area contributed by atoms with Crippen LogP contribution in [0.2, 0.25) is 0 Å². The molecule has 0 aliphatic carbocycles. The van der Waals surface area contributed by atoms with Gasteiger partial charge in [-0.3, -0.25) is 0 Å². The van der Waals surface area contributed by atoms with Gasteiger partial charge >= 0.3 is 5.97 Å². The summed E-state index contributed by atoms with van der Waals surface area (Å²) in [5.41, 5.74) is 1.10. The SMILES string of the molecule is C=CC(=O)Oc1cccc2cc(CCCCC)cc(O)c12. The standard InChI is InChI=1S/C18H20O3/c1-3-5-6-8-13-11-14-9-7-10-16(21-17(20)4-2)18(14)15(19)12-13/h4,7,9-12,19H,2-3,5-6,8H2,1H3. The Hall–Kier alpha value is -2.29. The molecule has 0 radical (unpaired) electrons. The van der Waals surface area contributed by atoms with E-state index in [0.29, 0.717) is 11.1 Å². The van der Waals surface area contributed by atoms with E-state index in [0.717, 1.165) is 29.9 Å². The van der Waals surface area contributed by atoms with Crippen LogP contribution in [-0.2, 0) is 11.2 Å². The van der Waals surface area contributed by atoms with Gasteiger partial charge in [-0.05, 0) is 35.9 Å². The molecule has 0 aromatic heterocycles. The van der Waals surface area contributed by atoms with Crippen LogP contribution in [0, 0.1) is 0 Å². The number of fused-ring (bicyclic) bond motifs is 1. The van der Waals surface area contributed by atoms with Crippen molar-refractivity contribution in [1.82, 2.24) is 0 Å². The topological polar surface area (TPSA) is 46.5 Å². The molecular weight excluding hydrogens is 264 g/mol. The first-order chi connectivity index (χ1) is 10.2. The maximum atomic E-state index is 11.4. The number of hydrogen-bond donors (Lipinski definition) is 1. The Morgan fingerprint density at radius 3 is 2.86 bits per heavy atom. The van der Waals surface area contributed by atoms with Gasteiger partial charge in [0.15, 0.2) is 0 Å². The first-order valence-electron chi connectivity index (χ1n) is 7.24. The zero-order chi connectivity index (χ0) is 15.2. The van der Waals surface area contributed by atoms with Crippen molar-refractivity contribution < 1.29 is 14.6 Å². The Bertz CT molecular complexity index is 659. The summed E-state index contributed by atoms with van der Waals surface area (Å²) in [6.45, 7) is 5.54. The zero-order valence-electron chi connectivity index (χ0n) is 12.3. The fourth-order valence-corrected chi connectivity index (χ4v) is 2.39. The van der Waals surface area contributed by atoms with Crippen molar-refractivity contribution in [2.45, 2.75) is 32.6 Å². The summed E-state index contributed by atoms with van der Waals surface area (Å²) >= 11 is 0. The molecule has 0 bridgehead atoms. The van der Waals surface area contributed by atoms with Crippen LogP contribution < -0.4 is 4.74 Å². The number of phenols is 1. The minimum atomic E-state index is -0.533. The Morgan fingerprint density at radius 2 is 2.14 bits per heavy atom. The van der Waals surface area contributed by atoms with Gasteiger partial charge in [-0.2, -0.15) is 0 Å². The molecule has 0 spiro atoms. The largest absolute Gasteiger partial charge is 0.507 e. The van der Waals surface area contributed by atoms with E-state index in [4.69, 9.17) is 4.74 Å². The van der Waals surface area contributed by atoms with E-state index in [-0.39, 0.29) is 5.75 Å². The highest BCUT2D eigenvalue weighted by Crippen LogP contribution is 2.35. The van der Waals surface area contributed by atoms with Crippen molar-refractivity contribution in [1.29, 1.82) is 0 Å². The van der Waals surface area contributed by atoms with Gasteiger partial charge in [0.25, 0.3) is 0 Å². The van der Waals surface area contributed by atoms with E-state index in [1.165, 1.54) is 12.8 Å². The van der Waals surface area contributed by atoms with Crippen LogP contribution in [0.4, 0.5) is 0 Å². The molecule has 0 unspecified atom stereocenters. The summed E-state index contributed by atoms with van der Waals surface area (Å²) in [4.78, 5) is 11.4. The van der Waals surface area contributed by atoms with Gasteiger partial charge in [-0.15, -0.1) is 0 Å². The molecule has 0 amide bonds. The molecule has 0 heterocycles. The van der Waals surface area contributed by atoms with E-state index < -0.39 is 5.97 Å². The third-order valence-corrected chi connectivity index (χ3v) is 3.42. The lowest BCUT2D eigenvalue weighted by atomic mass is 10.0. The van der Waals surface area contributed by atoms with Crippen LogP contribution in [0.1, 0.15) is 31.7 Å². The van der Waals surface area contributed by atoms with Crippen molar-refractivity contribution in [2.75, 3.05) is 0 Å². The maximum Gasteiger partial charge on any atom is 0.335 e. The normalized spacial score (nSPS) is 10.5. The molecule has 0 aliphatic rings. The number of aryl methyl sites for hydroxylation is 1. The first-order valence-corrected chi connectivity index (χ1v) is 7.24.